The normalized spacial score (nSPS) is 12.8. The third-order valence-corrected chi connectivity index (χ3v) is 2.88. The maximum Gasteiger partial charge on any atom is 0.191 e. The summed E-state index contributed by atoms with van der Waals surface area (Å²) in [5.41, 5.74) is 0. The number of aliphatic hydroxyl groups excluding tert-OH is 1. The second-order valence-corrected chi connectivity index (χ2v) is 4.83. The lowest BCUT2D eigenvalue weighted by Gasteiger charge is -2.08. The van der Waals surface area contributed by atoms with Crippen molar-refractivity contribution in [3.63, 3.8) is 0 Å². The van der Waals surface area contributed by atoms with Gasteiger partial charge in [-0.05, 0) is 12.2 Å². The fourth-order valence-electron chi connectivity index (χ4n) is 1.32. The van der Waals surface area contributed by atoms with E-state index >= 15 is 0 Å². The lowest BCUT2D eigenvalue weighted by atomic mass is 10.1. The van der Waals surface area contributed by atoms with Crippen LogP contribution < -0.4 is 0 Å². The lowest BCUT2D eigenvalue weighted by Crippen LogP contribution is -2.11. The maximum absolute atomic E-state index is 11.1. The van der Waals surface area contributed by atoms with Gasteiger partial charge in [-0.3, -0.25) is 4.79 Å². The fourth-order valence-corrected chi connectivity index (χ4v) is 1.95. The highest BCUT2D eigenvalue weighted by atomic mass is 32.2. The molecule has 0 fully saturated rings. The van der Waals surface area contributed by atoms with Gasteiger partial charge in [-0.25, -0.2) is 0 Å². The van der Waals surface area contributed by atoms with Gasteiger partial charge >= 0.3 is 0 Å². The molecule has 0 aromatic rings. The summed E-state index contributed by atoms with van der Waals surface area (Å²) in [4.78, 5) is 11.1. The molecule has 0 bridgehead atoms. The third kappa shape index (κ3) is 8.57. The van der Waals surface area contributed by atoms with Gasteiger partial charge in [-0.15, -0.1) is 0 Å². The van der Waals surface area contributed by atoms with E-state index in [-0.39, 0.29) is 5.12 Å². The first-order chi connectivity index (χ1) is 6.70. The summed E-state index contributed by atoms with van der Waals surface area (Å²) in [7, 11) is 0. The van der Waals surface area contributed by atoms with Crippen LogP contribution in [0.1, 0.15) is 52.4 Å². The molecule has 0 aromatic carbocycles. The van der Waals surface area contributed by atoms with E-state index in [0.717, 1.165) is 18.6 Å². The van der Waals surface area contributed by atoms with Crippen LogP contribution in [0.15, 0.2) is 0 Å². The van der Waals surface area contributed by atoms with E-state index in [0.29, 0.717) is 6.42 Å². The molecule has 0 saturated heterocycles. The summed E-state index contributed by atoms with van der Waals surface area (Å²) in [5, 5.41) is 9.63. The van der Waals surface area contributed by atoms with Crippen molar-refractivity contribution in [3.05, 3.63) is 0 Å². The molecule has 0 radical (unpaired) electrons. The predicted octanol–water partition coefficient (Wildman–Crippen LogP) is 2.99. The monoisotopic (exact) mass is 218 g/mol. The van der Waals surface area contributed by atoms with E-state index in [1.807, 2.05) is 6.92 Å². The van der Waals surface area contributed by atoms with Crippen molar-refractivity contribution in [2.75, 3.05) is 5.75 Å². The summed E-state index contributed by atoms with van der Waals surface area (Å²) >= 11 is 1.30. The molecule has 2 nitrogen and oxygen atoms in total. The van der Waals surface area contributed by atoms with Crippen LogP contribution in [-0.4, -0.2) is 22.1 Å². The molecule has 0 aliphatic heterocycles. The Morgan fingerprint density at radius 3 is 2.57 bits per heavy atom. The smallest absolute Gasteiger partial charge is 0.191 e. The van der Waals surface area contributed by atoms with Crippen molar-refractivity contribution < 1.29 is 9.90 Å². The number of unbranched alkanes of at least 4 members (excludes halogenated alkanes) is 3. The van der Waals surface area contributed by atoms with Gasteiger partial charge in [-0.2, -0.15) is 0 Å². The number of carbonyl (C=O) groups excluding carboxylic acids is 1. The molecular weight excluding hydrogens is 196 g/mol. The molecule has 1 N–H and O–H groups in total. The maximum atomic E-state index is 11.1. The van der Waals surface area contributed by atoms with Crippen LogP contribution in [-0.2, 0) is 4.79 Å². The van der Waals surface area contributed by atoms with Crippen molar-refractivity contribution in [2.45, 2.75) is 58.5 Å². The van der Waals surface area contributed by atoms with Gasteiger partial charge in [0.1, 0.15) is 0 Å². The fraction of sp³-hybridized carbons (Fsp3) is 0.909. The molecule has 3 heteroatoms. The lowest BCUT2D eigenvalue weighted by molar-refractivity contribution is -0.112. The number of carbonyl (C=O) groups is 1. The average Bonchev–Trinajstić information content (AvgIpc) is 2.13. The van der Waals surface area contributed by atoms with Gasteiger partial charge in [0.05, 0.1) is 6.10 Å². The standard InChI is InChI=1S/C11H22O2S/c1-3-5-6-7-8-10(12)9-11(13)14-4-2/h10,12H,3-9H2,1-2H3/t10-/m0/s1. The molecule has 0 amide bonds. The first-order valence-corrected chi connectivity index (χ1v) is 6.52. The summed E-state index contributed by atoms with van der Waals surface area (Å²) in [6.07, 6.45) is 5.33. The molecule has 0 aliphatic carbocycles. The Morgan fingerprint density at radius 1 is 1.29 bits per heavy atom. The van der Waals surface area contributed by atoms with Gasteiger partial charge in [0.15, 0.2) is 5.12 Å². The zero-order valence-electron chi connectivity index (χ0n) is 9.29. The summed E-state index contributed by atoms with van der Waals surface area (Å²) in [6.45, 7) is 4.12. The van der Waals surface area contributed by atoms with Gasteiger partial charge in [0.2, 0.25) is 0 Å². The van der Waals surface area contributed by atoms with E-state index < -0.39 is 6.10 Å². The van der Waals surface area contributed by atoms with E-state index in [9.17, 15) is 9.90 Å². The zero-order valence-corrected chi connectivity index (χ0v) is 10.1. The molecule has 0 aromatic heterocycles. The minimum Gasteiger partial charge on any atom is -0.393 e. The minimum absolute atomic E-state index is 0.121. The quantitative estimate of drug-likeness (QED) is 0.636. The van der Waals surface area contributed by atoms with Crippen LogP contribution in [0.25, 0.3) is 0 Å². The van der Waals surface area contributed by atoms with Crippen LogP contribution in [0.2, 0.25) is 0 Å². The summed E-state index contributed by atoms with van der Waals surface area (Å²) in [5.74, 6) is 0.807. The van der Waals surface area contributed by atoms with Crippen LogP contribution >= 0.6 is 11.8 Å². The number of hydrogen-bond donors (Lipinski definition) is 1. The SMILES string of the molecule is CCCCCC[C@H](O)CC(=O)SCC. The van der Waals surface area contributed by atoms with Gasteiger partial charge in [0.25, 0.3) is 0 Å². The highest BCUT2D eigenvalue weighted by molar-refractivity contribution is 8.13. The molecule has 0 rings (SSSR count). The van der Waals surface area contributed by atoms with Crippen LogP contribution in [0.4, 0.5) is 0 Å². The van der Waals surface area contributed by atoms with E-state index in [4.69, 9.17) is 0 Å². The van der Waals surface area contributed by atoms with Gasteiger partial charge < -0.3 is 5.11 Å². The van der Waals surface area contributed by atoms with Crippen molar-refractivity contribution in [1.82, 2.24) is 0 Å². The minimum atomic E-state index is -0.418. The van der Waals surface area contributed by atoms with Gasteiger partial charge in [-0.1, -0.05) is 51.3 Å². The molecule has 0 aliphatic rings. The summed E-state index contributed by atoms with van der Waals surface area (Å²) in [6, 6.07) is 0. The molecule has 1 atom stereocenters. The van der Waals surface area contributed by atoms with Crippen LogP contribution in [0, 0.1) is 0 Å². The third-order valence-electron chi connectivity index (χ3n) is 2.10. The molecular formula is C11H22O2S. The van der Waals surface area contributed by atoms with Gasteiger partial charge in [0, 0.05) is 6.42 Å². The Kier molecular flexibility index (Phi) is 9.52. The molecule has 0 saturated carbocycles. The summed E-state index contributed by atoms with van der Waals surface area (Å²) < 4.78 is 0. The Hall–Kier alpha value is -0.0200. The number of rotatable bonds is 8. The van der Waals surface area contributed by atoms with Crippen molar-refractivity contribution in [3.8, 4) is 0 Å². The Labute approximate surface area is 91.5 Å². The van der Waals surface area contributed by atoms with E-state index in [2.05, 4.69) is 6.92 Å². The van der Waals surface area contributed by atoms with Crippen LogP contribution in [0.5, 0.6) is 0 Å². The topological polar surface area (TPSA) is 37.3 Å². The zero-order chi connectivity index (χ0) is 10.8. The highest BCUT2D eigenvalue weighted by Crippen LogP contribution is 2.12. The number of hydrogen-bond acceptors (Lipinski definition) is 3. The van der Waals surface area contributed by atoms with Crippen LogP contribution in [0.3, 0.4) is 0 Å². The molecule has 84 valence electrons. The van der Waals surface area contributed by atoms with E-state index in [1.165, 1.54) is 31.0 Å². The van der Waals surface area contributed by atoms with Crippen molar-refractivity contribution in [1.29, 1.82) is 0 Å². The second-order valence-electron chi connectivity index (χ2n) is 3.51. The second kappa shape index (κ2) is 9.53. The molecule has 0 unspecified atom stereocenters. The number of aliphatic hydroxyl groups is 1. The first-order valence-electron chi connectivity index (χ1n) is 5.54. The van der Waals surface area contributed by atoms with Crippen molar-refractivity contribution >= 4 is 16.9 Å². The highest BCUT2D eigenvalue weighted by Gasteiger charge is 2.09. The first kappa shape index (κ1) is 14.0. The Bertz CT molecular complexity index is 148. The van der Waals surface area contributed by atoms with Crippen molar-refractivity contribution in [2.24, 2.45) is 0 Å². The Morgan fingerprint density at radius 2 is 2.00 bits per heavy atom. The van der Waals surface area contributed by atoms with E-state index in [1.54, 1.807) is 0 Å². The number of thioether (sulfide) groups is 1. The molecule has 0 spiro atoms. The predicted molar refractivity (Wildman–Crippen MR) is 62.5 cm³/mol. The molecule has 0 heterocycles. The Balaban J connectivity index is 3.35. The largest absolute Gasteiger partial charge is 0.393 e. The molecule has 14 heavy (non-hydrogen) atoms. The average molecular weight is 218 g/mol.